The summed E-state index contributed by atoms with van der Waals surface area (Å²) in [6.45, 7) is 5.25. The van der Waals surface area contributed by atoms with Crippen LogP contribution in [0.5, 0.6) is 5.75 Å². The van der Waals surface area contributed by atoms with E-state index < -0.39 is 44.8 Å². The molecule has 0 aliphatic heterocycles. The first kappa shape index (κ1) is 25.4. The number of hydrogen-bond acceptors (Lipinski definition) is 4. The molecule has 0 radical (unpaired) electrons. The number of ether oxygens (including phenoxy) is 2. The summed E-state index contributed by atoms with van der Waals surface area (Å²) in [6, 6.07) is 6.90. The van der Waals surface area contributed by atoms with E-state index in [0.29, 0.717) is 25.0 Å². The van der Waals surface area contributed by atoms with Crippen LogP contribution in [0.15, 0.2) is 30.8 Å². The molecule has 4 atom stereocenters. The van der Waals surface area contributed by atoms with Gasteiger partial charge in [-0.15, -0.1) is 0 Å². The summed E-state index contributed by atoms with van der Waals surface area (Å²) in [5.74, 6) is -3.70. The Morgan fingerprint density at radius 2 is 1.65 bits per heavy atom. The van der Waals surface area contributed by atoms with Crippen LogP contribution >= 0.6 is 0 Å². The second-order valence-corrected chi connectivity index (χ2v) is 11.6. The molecule has 4 unspecified atom stereocenters. The molecule has 0 heterocycles. The van der Waals surface area contributed by atoms with Crippen molar-refractivity contribution in [1.29, 1.82) is 0 Å². The van der Waals surface area contributed by atoms with Crippen LogP contribution in [0.2, 0.25) is 0 Å². The lowest BCUT2D eigenvalue weighted by Gasteiger charge is -2.64. The van der Waals surface area contributed by atoms with Crippen molar-refractivity contribution in [3.8, 4) is 5.75 Å². The van der Waals surface area contributed by atoms with Crippen molar-refractivity contribution >= 4 is 16.2 Å². The van der Waals surface area contributed by atoms with Gasteiger partial charge < -0.3 is 9.47 Å². The van der Waals surface area contributed by atoms with Gasteiger partial charge >= 0.3 is 21.5 Å². The van der Waals surface area contributed by atoms with E-state index in [2.05, 4.69) is 6.58 Å². The Kier molecular flexibility index (Phi) is 6.09. The third-order valence-corrected chi connectivity index (χ3v) is 8.43. The molecule has 0 spiro atoms. The molecule has 5 rings (SSSR count). The van der Waals surface area contributed by atoms with Crippen molar-refractivity contribution in [3.05, 3.63) is 36.4 Å². The lowest BCUT2D eigenvalue weighted by atomic mass is 9.44. The van der Waals surface area contributed by atoms with E-state index in [1.807, 2.05) is 0 Å². The first-order valence-corrected chi connectivity index (χ1v) is 12.5. The van der Waals surface area contributed by atoms with Gasteiger partial charge in [0.15, 0.2) is 6.29 Å². The fourth-order valence-corrected chi connectivity index (χ4v) is 7.70. The first-order valence-electron chi connectivity index (χ1n) is 11.1. The number of alkyl halides is 5. The highest BCUT2D eigenvalue weighted by molar-refractivity contribution is 7.86. The predicted molar refractivity (Wildman–Crippen MR) is 114 cm³/mol. The average molecular weight is 511 g/mol. The molecule has 11 heteroatoms. The van der Waals surface area contributed by atoms with Crippen LogP contribution in [0.4, 0.5) is 22.0 Å². The first-order chi connectivity index (χ1) is 15.6. The van der Waals surface area contributed by atoms with Gasteiger partial charge in [-0.05, 0) is 80.4 Å². The Morgan fingerprint density at radius 1 is 1.09 bits per heavy atom. The maximum atomic E-state index is 14.7. The number of halogens is 5. The molecular weight excluding hydrogens is 483 g/mol. The van der Waals surface area contributed by atoms with E-state index in [1.165, 1.54) is 0 Å². The van der Waals surface area contributed by atoms with Gasteiger partial charge in [0, 0.05) is 0 Å². The summed E-state index contributed by atoms with van der Waals surface area (Å²) in [4.78, 5) is 0. The quantitative estimate of drug-likeness (QED) is 0.261. The molecule has 5 nitrogen and oxygen atoms in total. The third kappa shape index (κ3) is 4.46. The highest BCUT2D eigenvalue weighted by atomic mass is 32.2. The van der Waals surface area contributed by atoms with E-state index >= 15 is 0 Å². The van der Waals surface area contributed by atoms with E-state index in [0.717, 1.165) is 5.56 Å². The van der Waals surface area contributed by atoms with Crippen LogP contribution in [0.3, 0.4) is 0 Å². The molecule has 1 N–H and O–H groups in total. The van der Waals surface area contributed by atoms with Crippen LogP contribution in [0.1, 0.15) is 51.0 Å². The summed E-state index contributed by atoms with van der Waals surface area (Å²) in [6.07, 6.45) is -4.19. The van der Waals surface area contributed by atoms with Crippen molar-refractivity contribution < 1.29 is 44.4 Å². The average Bonchev–Trinajstić information content (AvgIpc) is 2.64. The van der Waals surface area contributed by atoms with Crippen molar-refractivity contribution in [3.63, 3.8) is 0 Å². The number of hydrogen-bond donors (Lipinski definition) is 1. The van der Waals surface area contributed by atoms with E-state index in [-0.39, 0.29) is 31.1 Å². The summed E-state index contributed by atoms with van der Waals surface area (Å²) in [7, 11) is -6.29. The molecule has 34 heavy (non-hydrogen) atoms. The predicted octanol–water partition coefficient (Wildman–Crippen LogP) is 6.07. The fourth-order valence-electron chi connectivity index (χ4n) is 7.02. The van der Waals surface area contributed by atoms with E-state index in [4.69, 9.17) is 14.0 Å². The van der Waals surface area contributed by atoms with Gasteiger partial charge in [0.05, 0.1) is 5.60 Å². The van der Waals surface area contributed by atoms with Gasteiger partial charge in [-0.1, -0.05) is 24.8 Å². The van der Waals surface area contributed by atoms with E-state index in [9.17, 15) is 30.4 Å². The van der Waals surface area contributed by atoms with Gasteiger partial charge in [-0.2, -0.15) is 30.4 Å². The molecule has 190 valence electrons. The summed E-state index contributed by atoms with van der Waals surface area (Å²) in [5.41, 5.74) is -2.35. The molecule has 4 aliphatic rings. The van der Waals surface area contributed by atoms with Gasteiger partial charge in [-0.3, -0.25) is 4.55 Å². The van der Waals surface area contributed by atoms with Gasteiger partial charge in [0.25, 0.3) is 0 Å². The van der Waals surface area contributed by atoms with Crippen LogP contribution < -0.4 is 4.74 Å². The Bertz CT molecular complexity index is 1020. The molecule has 1 aromatic carbocycles. The topological polar surface area (TPSA) is 72.8 Å². The van der Waals surface area contributed by atoms with Gasteiger partial charge in [0.2, 0.25) is 0 Å². The van der Waals surface area contributed by atoms with Crippen molar-refractivity contribution in [2.24, 2.45) is 23.2 Å². The highest BCUT2D eigenvalue weighted by Gasteiger charge is 2.74. The van der Waals surface area contributed by atoms with Crippen LogP contribution in [-0.2, 0) is 14.9 Å². The summed E-state index contributed by atoms with van der Waals surface area (Å²) < 4.78 is 115. The third-order valence-electron chi connectivity index (χ3n) is 7.51. The van der Waals surface area contributed by atoms with Crippen LogP contribution in [0, 0.1) is 23.2 Å². The Balaban J connectivity index is 1.63. The molecule has 4 saturated carbocycles. The van der Waals surface area contributed by atoms with E-state index in [1.54, 1.807) is 37.3 Å². The van der Waals surface area contributed by atoms with Crippen LogP contribution in [0.25, 0.3) is 6.08 Å². The van der Waals surface area contributed by atoms with Crippen LogP contribution in [-0.4, -0.2) is 36.3 Å². The maximum absolute atomic E-state index is 14.7. The van der Waals surface area contributed by atoms with Gasteiger partial charge in [0.1, 0.15) is 11.7 Å². The minimum atomic E-state index is -6.29. The zero-order valence-corrected chi connectivity index (χ0v) is 19.3. The zero-order chi connectivity index (χ0) is 25.2. The summed E-state index contributed by atoms with van der Waals surface area (Å²) >= 11 is 0. The number of benzene rings is 1. The molecule has 1 aromatic rings. The molecule has 0 aromatic heterocycles. The van der Waals surface area contributed by atoms with Crippen molar-refractivity contribution in [2.45, 2.75) is 68.8 Å². The molecule has 4 fully saturated rings. The molecule has 0 amide bonds. The van der Waals surface area contributed by atoms with Gasteiger partial charge in [-0.25, -0.2) is 0 Å². The Labute approximate surface area is 195 Å². The lowest BCUT2D eigenvalue weighted by molar-refractivity contribution is -0.309. The summed E-state index contributed by atoms with van der Waals surface area (Å²) in [5, 5.41) is -5.37. The SMILES string of the molecule is C=Cc1ccc(OC(C)OC23CC4CC(C2)CC(C(C(F)(F)F)C(F)(F)S(=O)(=O)O)(C4)C3)cc1. The highest BCUT2D eigenvalue weighted by Crippen LogP contribution is 2.69. The minimum absolute atomic E-state index is 0.192. The molecular formula is C23H27F5O5S. The second-order valence-electron chi connectivity index (χ2n) is 10.1. The maximum Gasteiger partial charge on any atom is 0.399 e. The largest absolute Gasteiger partial charge is 0.465 e. The smallest absolute Gasteiger partial charge is 0.399 e. The molecule has 4 bridgehead atoms. The Morgan fingerprint density at radius 3 is 2.12 bits per heavy atom. The fraction of sp³-hybridized carbons (Fsp3) is 0.652. The monoisotopic (exact) mass is 510 g/mol. The Hall–Kier alpha value is -1.72. The lowest BCUT2D eigenvalue weighted by Crippen LogP contribution is -2.65. The zero-order valence-electron chi connectivity index (χ0n) is 18.5. The van der Waals surface area contributed by atoms with Crippen molar-refractivity contribution in [1.82, 2.24) is 0 Å². The standard InChI is InChI=1S/C23H27F5O5S/c1-3-15-4-6-18(7-5-15)32-14(2)33-21-11-16-8-17(12-21)10-20(9-16,13-21)19(22(24,25)26)23(27,28)34(29,30)31/h3-7,14,16-17,19H,1,8-13H2,2H3,(H,29,30,31). The minimum Gasteiger partial charge on any atom is -0.465 e. The molecule has 0 saturated heterocycles. The normalized spacial score (nSPS) is 32.9. The van der Waals surface area contributed by atoms with Crippen molar-refractivity contribution in [2.75, 3.05) is 0 Å². The molecule has 4 aliphatic carbocycles. The number of rotatable bonds is 8. The second kappa shape index (κ2) is 8.16.